The zero-order valence-electron chi connectivity index (χ0n) is 20.3. The number of carbonyl (C=O) groups excluding carboxylic acids is 3. The summed E-state index contributed by atoms with van der Waals surface area (Å²) in [5, 5.41) is 11.3. The van der Waals surface area contributed by atoms with Crippen LogP contribution in [-0.4, -0.2) is 72.2 Å². The molecule has 2 aromatic carbocycles. The summed E-state index contributed by atoms with van der Waals surface area (Å²) < 4.78 is 22.9. The molecule has 190 valence electrons. The second-order valence-corrected chi connectivity index (χ2v) is 8.73. The van der Waals surface area contributed by atoms with E-state index in [2.05, 4.69) is 0 Å². The monoisotopic (exact) mass is 495 g/mol. The molecule has 0 aromatic heterocycles. The predicted molar refractivity (Wildman–Crippen MR) is 127 cm³/mol. The molecule has 0 radical (unpaired) electrons. The molecule has 36 heavy (non-hydrogen) atoms. The van der Waals surface area contributed by atoms with Crippen LogP contribution in [0.1, 0.15) is 29.8 Å². The summed E-state index contributed by atoms with van der Waals surface area (Å²) >= 11 is 0. The zero-order valence-corrected chi connectivity index (χ0v) is 20.3. The number of carbonyl (C=O) groups is 3. The lowest BCUT2D eigenvalue weighted by Gasteiger charge is -2.46. The Morgan fingerprint density at radius 3 is 2.14 bits per heavy atom. The van der Waals surface area contributed by atoms with Crippen molar-refractivity contribution in [2.45, 2.75) is 51.1 Å². The quantitative estimate of drug-likeness (QED) is 0.439. The fourth-order valence-corrected chi connectivity index (χ4v) is 4.32. The van der Waals surface area contributed by atoms with Crippen molar-refractivity contribution in [2.75, 3.05) is 13.7 Å². The Hall–Kier alpha value is -3.37. The Labute approximate surface area is 209 Å². The number of nitrogens with zero attached hydrogens (tertiary/aromatic N) is 1. The van der Waals surface area contributed by atoms with Crippen LogP contribution in [0.25, 0.3) is 0 Å². The maximum absolute atomic E-state index is 13.0. The van der Waals surface area contributed by atoms with Gasteiger partial charge in [0.15, 0.2) is 12.4 Å². The Balaban J connectivity index is 1.60. The SMILES string of the molecule is CO[C@@H]1O[C@H](COCc2ccccc2)[C@@H](O)[C@H](OC(=O)c2ccccc2)[C@H]1N1C(=O)C(C)=C(C)C1=O. The number of methoxy groups -OCH3 is 1. The second-order valence-electron chi connectivity index (χ2n) is 8.73. The van der Waals surface area contributed by atoms with Gasteiger partial charge in [-0.15, -0.1) is 0 Å². The van der Waals surface area contributed by atoms with Gasteiger partial charge in [-0.2, -0.15) is 0 Å². The van der Waals surface area contributed by atoms with Crippen LogP contribution in [0.2, 0.25) is 0 Å². The Kier molecular flexibility index (Phi) is 7.95. The van der Waals surface area contributed by atoms with E-state index in [0.717, 1.165) is 10.5 Å². The van der Waals surface area contributed by atoms with Gasteiger partial charge in [-0.1, -0.05) is 48.5 Å². The van der Waals surface area contributed by atoms with Gasteiger partial charge in [-0.25, -0.2) is 4.79 Å². The molecule has 9 heteroatoms. The smallest absolute Gasteiger partial charge is 0.338 e. The lowest BCUT2D eigenvalue weighted by atomic mass is 9.95. The molecule has 0 saturated carbocycles. The van der Waals surface area contributed by atoms with Gasteiger partial charge in [0.2, 0.25) is 0 Å². The predicted octanol–water partition coefficient (Wildman–Crippen LogP) is 2.23. The summed E-state index contributed by atoms with van der Waals surface area (Å²) in [5.41, 5.74) is 1.73. The molecule has 0 spiro atoms. The molecule has 4 rings (SSSR count). The number of benzene rings is 2. The fourth-order valence-electron chi connectivity index (χ4n) is 4.32. The molecule has 0 bridgehead atoms. The van der Waals surface area contributed by atoms with Crippen molar-refractivity contribution < 1.29 is 38.4 Å². The third-order valence-electron chi connectivity index (χ3n) is 6.46. The van der Waals surface area contributed by atoms with Crippen LogP contribution in [0.5, 0.6) is 0 Å². The van der Waals surface area contributed by atoms with E-state index in [1.54, 1.807) is 44.2 Å². The highest BCUT2D eigenvalue weighted by molar-refractivity contribution is 6.19. The molecule has 1 fully saturated rings. The summed E-state index contributed by atoms with van der Waals surface area (Å²) in [5.74, 6) is -1.83. The molecule has 5 atom stereocenters. The van der Waals surface area contributed by atoms with E-state index < -0.39 is 48.4 Å². The summed E-state index contributed by atoms with van der Waals surface area (Å²) in [6.07, 6.45) is -4.86. The Bertz CT molecular complexity index is 1110. The highest BCUT2D eigenvalue weighted by Gasteiger charge is 2.55. The number of rotatable bonds is 8. The van der Waals surface area contributed by atoms with Crippen molar-refractivity contribution in [3.63, 3.8) is 0 Å². The number of imide groups is 1. The number of ether oxygens (including phenoxy) is 4. The Morgan fingerprint density at radius 2 is 1.56 bits per heavy atom. The van der Waals surface area contributed by atoms with E-state index in [9.17, 15) is 19.5 Å². The van der Waals surface area contributed by atoms with Gasteiger partial charge in [0.1, 0.15) is 18.2 Å². The van der Waals surface area contributed by atoms with Gasteiger partial charge in [-0.3, -0.25) is 14.5 Å². The van der Waals surface area contributed by atoms with E-state index in [4.69, 9.17) is 18.9 Å². The van der Waals surface area contributed by atoms with E-state index in [-0.39, 0.29) is 29.9 Å². The molecule has 1 saturated heterocycles. The average molecular weight is 496 g/mol. The van der Waals surface area contributed by atoms with Gasteiger partial charge in [0.05, 0.1) is 18.8 Å². The molecular formula is C27H29NO8. The third-order valence-corrected chi connectivity index (χ3v) is 6.46. The second kappa shape index (κ2) is 11.1. The van der Waals surface area contributed by atoms with Crippen molar-refractivity contribution in [1.82, 2.24) is 4.90 Å². The third kappa shape index (κ3) is 5.10. The molecule has 2 aliphatic heterocycles. The first-order valence-corrected chi connectivity index (χ1v) is 11.6. The summed E-state index contributed by atoms with van der Waals surface area (Å²) in [7, 11) is 1.35. The Morgan fingerprint density at radius 1 is 0.972 bits per heavy atom. The van der Waals surface area contributed by atoms with E-state index in [1.165, 1.54) is 7.11 Å². The minimum Gasteiger partial charge on any atom is -0.453 e. The largest absolute Gasteiger partial charge is 0.453 e. The summed E-state index contributed by atoms with van der Waals surface area (Å²) in [6.45, 7) is 3.32. The molecule has 9 nitrogen and oxygen atoms in total. The topological polar surface area (TPSA) is 112 Å². The normalized spacial score (nSPS) is 26.4. The lowest BCUT2D eigenvalue weighted by Crippen LogP contribution is -2.67. The first kappa shape index (κ1) is 25.7. The molecule has 0 aliphatic carbocycles. The van der Waals surface area contributed by atoms with Crippen molar-refractivity contribution in [3.05, 3.63) is 82.9 Å². The van der Waals surface area contributed by atoms with E-state index >= 15 is 0 Å². The first-order chi connectivity index (χ1) is 17.3. The number of aliphatic hydroxyl groups excluding tert-OH is 1. The highest BCUT2D eigenvalue weighted by Crippen LogP contribution is 2.33. The van der Waals surface area contributed by atoms with Crippen LogP contribution in [0.4, 0.5) is 0 Å². The van der Waals surface area contributed by atoms with Gasteiger partial charge in [0, 0.05) is 18.3 Å². The molecule has 1 N–H and O–H groups in total. The highest BCUT2D eigenvalue weighted by atomic mass is 16.7. The zero-order chi connectivity index (χ0) is 25.8. The number of amides is 2. The minimum absolute atomic E-state index is 0.0414. The van der Waals surface area contributed by atoms with Crippen LogP contribution in [-0.2, 0) is 35.1 Å². The summed E-state index contributed by atoms with van der Waals surface area (Å²) in [6, 6.07) is 16.5. The molecular weight excluding hydrogens is 466 g/mol. The van der Waals surface area contributed by atoms with Gasteiger partial charge < -0.3 is 24.1 Å². The fraction of sp³-hybridized carbons (Fsp3) is 0.370. The van der Waals surface area contributed by atoms with Gasteiger partial charge in [-0.05, 0) is 31.5 Å². The molecule has 2 amide bonds. The van der Waals surface area contributed by atoms with Gasteiger partial charge in [0.25, 0.3) is 11.8 Å². The number of esters is 1. The van der Waals surface area contributed by atoms with Crippen LogP contribution in [0.3, 0.4) is 0 Å². The van der Waals surface area contributed by atoms with Crippen molar-refractivity contribution in [1.29, 1.82) is 0 Å². The van der Waals surface area contributed by atoms with Crippen molar-refractivity contribution >= 4 is 17.8 Å². The van der Waals surface area contributed by atoms with Crippen LogP contribution >= 0.6 is 0 Å². The summed E-state index contributed by atoms with van der Waals surface area (Å²) in [4.78, 5) is 39.9. The maximum Gasteiger partial charge on any atom is 0.338 e. The molecule has 2 heterocycles. The average Bonchev–Trinajstić information content (AvgIpc) is 3.09. The lowest BCUT2D eigenvalue weighted by molar-refractivity contribution is -0.277. The minimum atomic E-state index is -1.41. The number of hydrogen-bond acceptors (Lipinski definition) is 8. The maximum atomic E-state index is 13.0. The molecule has 2 aliphatic rings. The number of aliphatic hydroxyl groups is 1. The van der Waals surface area contributed by atoms with E-state index in [0.29, 0.717) is 0 Å². The van der Waals surface area contributed by atoms with E-state index in [1.807, 2.05) is 30.3 Å². The van der Waals surface area contributed by atoms with Crippen molar-refractivity contribution in [3.8, 4) is 0 Å². The van der Waals surface area contributed by atoms with Crippen LogP contribution in [0.15, 0.2) is 71.8 Å². The van der Waals surface area contributed by atoms with Crippen LogP contribution in [0, 0.1) is 0 Å². The first-order valence-electron chi connectivity index (χ1n) is 11.6. The number of hydrogen-bond donors (Lipinski definition) is 1. The van der Waals surface area contributed by atoms with Crippen LogP contribution < -0.4 is 0 Å². The van der Waals surface area contributed by atoms with Gasteiger partial charge >= 0.3 is 5.97 Å². The van der Waals surface area contributed by atoms with Crippen molar-refractivity contribution in [2.24, 2.45) is 0 Å². The standard InChI is InChI=1S/C27H29NO8/c1-16-17(2)25(31)28(24(16)30)21-23(36-26(32)19-12-8-5-9-13-19)22(29)20(35-27(21)33-3)15-34-14-18-10-6-4-7-11-18/h4-13,20-23,27,29H,14-15H2,1-3H3/t20-,21-,22-,23-,27-/m1/s1. The molecule has 0 unspecified atom stereocenters. The molecule has 2 aromatic rings.